The average Bonchev–Trinajstić information content (AvgIpc) is 2.55. The molecule has 0 aliphatic carbocycles. The van der Waals surface area contributed by atoms with Crippen molar-refractivity contribution in [3.8, 4) is 0 Å². The Morgan fingerprint density at radius 1 is 1.75 bits per heavy atom. The minimum absolute atomic E-state index is 0.0503. The SMILES string of the molecule is C/C=C(/C)C(=O)NC1=NCCS1. The Morgan fingerprint density at radius 3 is 3.00 bits per heavy atom. The highest BCUT2D eigenvalue weighted by Gasteiger charge is 2.10. The van der Waals surface area contributed by atoms with E-state index in [-0.39, 0.29) is 5.91 Å². The van der Waals surface area contributed by atoms with Gasteiger partial charge in [0.25, 0.3) is 5.91 Å². The molecule has 0 aromatic carbocycles. The van der Waals surface area contributed by atoms with Crippen LogP contribution in [0.2, 0.25) is 0 Å². The fourth-order valence-corrected chi connectivity index (χ4v) is 1.46. The van der Waals surface area contributed by atoms with Crippen molar-refractivity contribution in [1.82, 2.24) is 5.32 Å². The van der Waals surface area contributed by atoms with Crippen molar-refractivity contribution in [2.24, 2.45) is 4.99 Å². The van der Waals surface area contributed by atoms with Gasteiger partial charge in [-0.1, -0.05) is 17.8 Å². The van der Waals surface area contributed by atoms with Crippen LogP contribution in [0, 0.1) is 0 Å². The molecule has 0 saturated heterocycles. The number of thioether (sulfide) groups is 1. The van der Waals surface area contributed by atoms with E-state index in [0.29, 0.717) is 0 Å². The van der Waals surface area contributed by atoms with E-state index >= 15 is 0 Å². The molecule has 4 heteroatoms. The Kier molecular flexibility index (Phi) is 3.34. The van der Waals surface area contributed by atoms with Crippen molar-refractivity contribution in [2.45, 2.75) is 13.8 Å². The number of nitrogens with one attached hydrogen (secondary N) is 1. The summed E-state index contributed by atoms with van der Waals surface area (Å²) in [4.78, 5) is 15.4. The van der Waals surface area contributed by atoms with E-state index in [0.717, 1.165) is 23.0 Å². The third-order valence-electron chi connectivity index (χ3n) is 1.60. The van der Waals surface area contributed by atoms with Gasteiger partial charge in [-0.15, -0.1) is 0 Å². The zero-order chi connectivity index (χ0) is 8.97. The molecule has 0 atom stereocenters. The molecule has 0 spiro atoms. The first kappa shape index (κ1) is 9.32. The summed E-state index contributed by atoms with van der Waals surface area (Å²) in [7, 11) is 0. The van der Waals surface area contributed by atoms with E-state index in [9.17, 15) is 4.79 Å². The second-order valence-electron chi connectivity index (χ2n) is 2.46. The number of amidine groups is 1. The summed E-state index contributed by atoms with van der Waals surface area (Å²) in [5.74, 6) is 0.926. The van der Waals surface area contributed by atoms with Crippen molar-refractivity contribution in [3.05, 3.63) is 11.6 Å². The predicted octanol–water partition coefficient (Wildman–Crippen LogP) is 1.17. The highest BCUT2D eigenvalue weighted by molar-refractivity contribution is 8.14. The van der Waals surface area contributed by atoms with E-state index in [4.69, 9.17) is 0 Å². The maximum absolute atomic E-state index is 11.3. The Hall–Kier alpha value is -0.770. The number of allylic oxidation sites excluding steroid dienone is 1. The van der Waals surface area contributed by atoms with Crippen molar-refractivity contribution in [3.63, 3.8) is 0 Å². The van der Waals surface area contributed by atoms with Crippen LogP contribution in [0.3, 0.4) is 0 Å². The molecule has 0 aromatic rings. The highest BCUT2D eigenvalue weighted by atomic mass is 32.2. The highest BCUT2D eigenvalue weighted by Crippen LogP contribution is 2.09. The second kappa shape index (κ2) is 4.30. The molecule has 0 aromatic heterocycles. The van der Waals surface area contributed by atoms with Crippen molar-refractivity contribution >= 4 is 22.8 Å². The van der Waals surface area contributed by atoms with Gasteiger partial charge in [-0.3, -0.25) is 9.79 Å². The van der Waals surface area contributed by atoms with Crippen molar-refractivity contribution in [1.29, 1.82) is 0 Å². The Bertz CT molecular complexity index is 245. The van der Waals surface area contributed by atoms with E-state index in [1.807, 2.05) is 6.92 Å². The van der Waals surface area contributed by atoms with Crippen molar-refractivity contribution in [2.75, 3.05) is 12.3 Å². The zero-order valence-corrected chi connectivity index (χ0v) is 8.07. The second-order valence-corrected chi connectivity index (χ2v) is 3.54. The summed E-state index contributed by atoms with van der Waals surface area (Å²) in [6, 6.07) is 0. The number of rotatable bonds is 1. The normalized spacial score (nSPS) is 17.5. The minimum Gasteiger partial charge on any atom is -0.302 e. The molecule has 1 amide bonds. The van der Waals surface area contributed by atoms with Crippen LogP contribution in [0.1, 0.15) is 13.8 Å². The molecular weight excluding hydrogens is 172 g/mol. The van der Waals surface area contributed by atoms with Crippen LogP contribution in [0.25, 0.3) is 0 Å². The predicted molar refractivity (Wildman–Crippen MR) is 52.3 cm³/mol. The zero-order valence-electron chi connectivity index (χ0n) is 7.26. The molecule has 0 unspecified atom stereocenters. The number of hydrogen-bond acceptors (Lipinski definition) is 3. The van der Waals surface area contributed by atoms with Crippen LogP contribution in [0.4, 0.5) is 0 Å². The van der Waals surface area contributed by atoms with Crippen LogP contribution in [0.5, 0.6) is 0 Å². The van der Waals surface area contributed by atoms with Crippen LogP contribution in [-0.2, 0) is 4.79 Å². The standard InChI is InChI=1S/C8H12N2OS/c1-3-6(2)7(11)10-8-9-4-5-12-8/h3H,4-5H2,1-2H3,(H,9,10,11)/b6-3-. The molecule has 0 saturated carbocycles. The molecule has 1 heterocycles. The molecule has 1 rings (SSSR count). The number of nitrogens with zero attached hydrogens (tertiary/aromatic N) is 1. The molecule has 0 fully saturated rings. The quantitative estimate of drug-likeness (QED) is 0.621. The van der Waals surface area contributed by atoms with Gasteiger partial charge in [0.05, 0.1) is 6.54 Å². The summed E-state index contributed by atoms with van der Waals surface area (Å²) in [6.45, 7) is 4.45. The first-order chi connectivity index (χ1) is 5.74. The Labute approximate surface area is 76.3 Å². The van der Waals surface area contributed by atoms with Gasteiger partial charge >= 0.3 is 0 Å². The Balaban J connectivity index is 2.46. The monoisotopic (exact) mass is 184 g/mol. The van der Waals surface area contributed by atoms with Crippen LogP contribution >= 0.6 is 11.8 Å². The van der Waals surface area contributed by atoms with E-state index in [2.05, 4.69) is 10.3 Å². The third kappa shape index (κ3) is 2.37. The smallest absolute Gasteiger partial charge is 0.252 e. The van der Waals surface area contributed by atoms with Gasteiger partial charge < -0.3 is 5.32 Å². The lowest BCUT2D eigenvalue weighted by molar-refractivity contribution is -0.116. The molecule has 66 valence electrons. The number of hydrogen-bond donors (Lipinski definition) is 1. The van der Waals surface area contributed by atoms with Gasteiger partial charge in [-0.2, -0.15) is 0 Å². The molecule has 1 aliphatic heterocycles. The lowest BCUT2D eigenvalue weighted by Gasteiger charge is -2.02. The van der Waals surface area contributed by atoms with Gasteiger partial charge in [-0.05, 0) is 13.8 Å². The molecule has 0 bridgehead atoms. The summed E-state index contributed by atoms with van der Waals surface area (Å²) in [6.07, 6.45) is 1.79. The average molecular weight is 184 g/mol. The minimum atomic E-state index is -0.0503. The van der Waals surface area contributed by atoms with Crippen molar-refractivity contribution < 1.29 is 4.79 Å². The number of amides is 1. The molecule has 0 radical (unpaired) electrons. The topological polar surface area (TPSA) is 41.5 Å². The lowest BCUT2D eigenvalue weighted by Crippen LogP contribution is -2.27. The van der Waals surface area contributed by atoms with Gasteiger partial charge in [0, 0.05) is 11.3 Å². The van der Waals surface area contributed by atoms with Crippen LogP contribution < -0.4 is 5.32 Å². The maximum atomic E-state index is 11.3. The fourth-order valence-electron chi connectivity index (χ4n) is 0.738. The summed E-state index contributed by atoms with van der Waals surface area (Å²) in [5, 5.41) is 3.49. The van der Waals surface area contributed by atoms with E-state index in [1.54, 1.807) is 24.8 Å². The number of carbonyl (C=O) groups excluding carboxylic acids is 1. The summed E-state index contributed by atoms with van der Waals surface area (Å²) < 4.78 is 0. The first-order valence-electron chi connectivity index (χ1n) is 3.85. The van der Waals surface area contributed by atoms with E-state index in [1.165, 1.54) is 0 Å². The Morgan fingerprint density at radius 2 is 2.50 bits per heavy atom. The molecule has 1 N–H and O–H groups in total. The van der Waals surface area contributed by atoms with Crippen LogP contribution in [-0.4, -0.2) is 23.4 Å². The summed E-state index contributed by atoms with van der Waals surface area (Å²) in [5.41, 5.74) is 0.727. The largest absolute Gasteiger partial charge is 0.302 e. The number of carbonyl (C=O) groups is 1. The van der Waals surface area contributed by atoms with Gasteiger partial charge in [-0.25, -0.2) is 0 Å². The molecule has 3 nitrogen and oxygen atoms in total. The summed E-state index contributed by atoms with van der Waals surface area (Å²) >= 11 is 1.59. The van der Waals surface area contributed by atoms with Crippen LogP contribution in [0.15, 0.2) is 16.6 Å². The lowest BCUT2D eigenvalue weighted by atomic mass is 10.3. The van der Waals surface area contributed by atoms with Gasteiger partial charge in [0.2, 0.25) is 0 Å². The molecular formula is C8H12N2OS. The van der Waals surface area contributed by atoms with E-state index < -0.39 is 0 Å². The molecule has 12 heavy (non-hydrogen) atoms. The van der Waals surface area contributed by atoms with Gasteiger partial charge in [0.15, 0.2) is 5.17 Å². The van der Waals surface area contributed by atoms with Gasteiger partial charge in [0.1, 0.15) is 0 Å². The molecule has 1 aliphatic rings. The maximum Gasteiger partial charge on any atom is 0.252 e. The third-order valence-corrected chi connectivity index (χ3v) is 2.49. The number of aliphatic imine (C=N–C) groups is 1. The first-order valence-corrected chi connectivity index (χ1v) is 4.84. The fraction of sp³-hybridized carbons (Fsp3) is 0.500.